The molecule has 5 rings (SSSR count). The molecule has 1 aromatic carbocycles. The van der Waals surface area contributed by atoms with Gasteiger partial charge in [0.15, 0.2) is 11.5 Å². The molecular formula is C24H22N4O2. The van der Waals surface area contributed by atoms with Crippen LogP contribution in [0.3, 0.4) is 0 Å². The Morgan fingerprint density at radius 1 is 0.933 bits per heavy atom. The highest BCUT2D eigenvalue weighted by atomic mass is 16.5. The lowest BCUT2D eigenvalue weighted by atomic mass is 9.94. The van der Waals surface area contributed by atoms with Crippen LogP contribution in [0.2, 0.25) is 0 Å². The first-order valence-corrected chi connectivity index (χ1v) is 9.89. The maximum Gasteiger partial charge on any atom is 0.161 e. The Labute approximate surface area is 175 Å². The number of pyridine rings is 2. The van der Waals surface area contributed by atoms with E-state index in [1.165, 1.54) is 5.56 Å². The van der Waals surface area contributed by atoms with Crippen LogP contribution in [0.5, 0.6) is 11.5 Å². The van der Waals surface area contributed by atoms with Crippen LogP contribution in [0.4, 0.5) is 0 Å². The number of aromatic nitrogens is 4. The van der Waals surface area contributed by atoms with Crippen molar-refractivity contribution in [1.29, 1.82) is 0 Å². The van der Waals surface area contributed by atoms with E-state index in [-0.39, 0.29) is 0 Å². The van der Waals surface area contributed by atoms with E-state index in [1.807, 2.05) is 24.4 Å². The molecule has 0 atom stereocenters. The van der Waals surface area contributed by atoms with Crippen molar-refractivity contribution in [2.75, 3.05) is 14.2 Å². The van der Waals surface area contributed by atoms with Gasteiger partial charge in [0.05, 0.1) is 31.3 Å². The van der Waals surface area contributed by atoms with Gasteiger partial charge in [-0.1, -0.05) is 0 Å². The second-order valence-corrected chi connectivity index (χ2v) is 7.29. The molecule has 0 saturated carbocycles. The van der Waals surface area contributed by atoms with E-state index in [2.05, 4.69) is 39.7 Å². The Kier molecular flexibility index (Phi) is 4.47. The molecule has 0 aliphatic carbocycles. The summed E-state index contributed by atoms with van der Waals surface area (Å²) in [6.07, 6.45) is 6.38. The third-order valence-corrected chi connectivity index (χ3v) is 5.64. The molecule has 0 unspecified atom stereocenters. The topological polar surface area (TPSA) is 62.1 Å². The second kappa shape index (κ2) is 7.30. The monoisotopic (exact) mass is 398 g/mol. The van der Waals surface area contributed by atoms with Crippen LogP contribution in [0, 0.1) is 6.92 Å². The predicted molar refractivity (Wildman–Crippen MR) is 116 cm³/mol. The van der Waals surface area contributed by atoms with Gasteiger partial charge in [-0.25, -0.2) is 4.98 Å². The zero-order chi connectivity index (χ0) is 20.7. The lowest BCUT2D eigenvalue weighted by Crippen LogP contribution is -2.12. The van der Waals surface area contributed by atoms with Gasteiger partial charge in [0, 0.05) is 41.8 Å². The molecule has 6 nitrogen and oxygen atoms in total. The van der Waals surface area contributed by atoms with Crippen molar-refractivity contribution in [3.8, 4) is 45.3 Å². The van der Waals surface area contributed by atoms with Crippen molar-refractivity contribution in [2.24, 2.45) is 0 Å². The van der Waals surface area contributed by atoms with E-state index >= 15 is 0 Å². The average molecular weight is 398 g/mol. The lowest BCUT2D eigenvalue weighted by Gasteiger charge is -2.22. The summed E-state index contributed by atoms with van der Waals surface area (Å²) in [5, 5.41) is 0. The molecule has 4 aromatic rings. The number of ether oxygens (including phenoxy) is 2. The van der Waals surface area contributed by atoms with Crippen molar-refractivity contribution < 1.29 is 9.47 Å². The number of rotatable bonds is 4. The highest BCUT2D eigenvalue weighted by molar-refractivity contribution is 5.83. The lowest BCUT2D eigenvalue weighted by molar-refractivity contribution is 0.354. The SMILES string of the molecule is COc1cc2c(cc1OC)-c1c(-c3ccc(-c4ccncc4)nc3)nc(C)n1CC2. The van der Waals surface area contributed by atoms with Crippen LogP contribution in [-0.2, 0) is 13.0 Å². The number of methoxy groups -OCH3 is 2. The normalized spacial score (nSPS) is 12.2. The summed E-state index contributed by atoms with van der Waals surface area (Å²) in [5.74, 6) is 2.48. The van der Waals surface area contributed by atoms with E-state index in [1.54, 1.807) is 26.6 Å². The van der Waals surface area contributed by atoms with Crippen LogP contribution in [0.1, 0.15) is 11.4 Å². The first kappa shape index (κ1) is 18.4. The van der Waals surface area contributed by atoms with E-state index in [9.17, 15) is 0 Å². The smallest absolute Gasteiger partial charge is 0.161 e. The molecule has 0 bridgehead atoms. The Hall–Kier alpha value is -3.67. The Bertz CT molecular complexity index is 1210. The molecule has 0 radical (unpaired) electrons. The zero-order valence-corrected chi connectivity index (χ0v) is 17.2. The number of aryl methyl sites for hydroxylation is 2. The fourth-order valence-corrected chi connectivity index (χ4v) is 4.12. The van der Waals surface area contributed by atoms with Crippen LogP contribution in [-0.4, -0.2) is 33.7 Å². The van der Waals surface area contributed by atoms with Gasteiger partial charge >= 0.3 is 0 Å². The highest BCUT2D eigenvalue weighted by Gasteiger charge is 2.26. The van der Waals surface area contributed by atoms with Gasteiger partial charge in [-0.3, -0.25) is 9.97 Å². The zero-order valence-electron chi connectivity index (χ0n) is 17.2. The molecule has 0 fully saturated rings. The van der Waals surface area contributed by atoms with Crippen LogP contribution < -0.4 is 9.47 Å². The second-order valence-electron chi connectivity index (χ2n) is 7.29. The number of hydrogen-bond acceptors (Lipinski definition) is 5. The standard InChI is InChI=1S/C24H22N4O2/c1-15-27-23(18-4-5-20(26-14-18)16-6-9-25-10-7-16)24-19-13-22(30-3)21(29-2)12-17(19)8-11-28(15)24/h4-7,9-10,12-14H,8,11H2,1-3H3. The predicted octanol–water partition coefficient (Wildman–Crippen LogP) is 4.56. The number of nitrogens with zero attached hydrogens (tertiary/aromatic N) is 4. The van der Waals surface area contributed by atoms with Crippen molar-refractivity contribution in [3.63, 3.8) is 0 Å². The minimum atomic E-state index is 0.723. The van der Waals surface area contributed by atoms with Gasteiger partial charge in [0.2, 0.25) is 0 Å². The van der Waals surface area contributed by atoms with E-state index in [4.69, 9.17) is 14.5 Å². The summed E-state index contributed by atoms with van der Waals surface area (Å²) in [7, 11) is 3.33. The molecule has 0 N–H and O–H groups in total. The number of benzene rings is 1. The molecule has 1 aliphatic heterocycles. The molecule has 1 aliphatic rings. The van der Waals surface area contributed by atoms with Crippen molar-refractivity contribution >= 4 is 0 Å². The van der Waals surface area contributed by atoms with Gasteiger partial charge < -0.3 is 14.0 Å². The number of imidazole rings is 1. The van der Waals surface area contributed by atoms with E-state index < -0.39 is 0 Å². The first-order valence-electron chi connectivity index (χ1n) is 9.89. The molecule has 150 valence electrons. The summed E-state index contributed by atoms with van der Waals surface area (Å²) >= 11 is 0. The fraction of sp³-hybridized carbons (Fsp3) is 0.208. The molecule has 30 heavy (non-hydrogen) atoms. The Morgan fingerprint density at radius 2 is 1.70 bits per heavy atom. The quantitative estimate of drug-likeness (QED) is 0.504. The van der Waals surface area contributed by atoms with Crippen LogP contribution in [0.25, 0.3) is 33.8 Å². The molecule has 0 amide bonds. The molecule has 6 heteroatoms. The maximum absolute atomic E-state index is 5.56. The van der Waals surface area contributed by atoms with Gasteiger partial charge in [-0.05, 0) is 55.3 Å². The average Bonchev–Trinajstić information content (AvgIpc) is 3.15. The third kappa shape index (κ3) is 2.92. The van der Waals surface area contributed by atoms with Gasteiger partial charge in [0.1, 0.15) is 5.82 Å². The summed E-state index contributed by atoms with van der Waals surface area (Å²) in [4.78, 5) is 13.7. The third-order valence-electron chi connectivity index (χ3n) is 5.64. The summed E-state index contributed by atoms with van der Waals surface area (Å²) < 4.78 is 13.3. The minimum Gasteiger partial charge on any atom is -0.493 e. The minimum absolute atomic E-state index is 0.723. The molecular weight excluding hydrogens is 376 g/mol. The molecule has 0 spiro atoms. The van der Waals surface area contributed by atoms with Gasteiger partial charge in [0.25, 0.3) is 0 Å². The summed E-state index contributed by atoms with van der Waals surface area (Å²) in [6.45, 7) is 2.94. The van der Waals surface area contributed by atoms with Crippen molar-refractivity contribution in [2.45, 2.75) is 19.9 Å². The molecule has 0 saturated heterocycles. The van der Waals surface area contributed by atoms with E-state index in [0.29, 0.717) is 0 Å². The summed E-state index contributed by atoms with van der Waals surface area (Å²) in [6, 6.07) is 12.2. The van der Waals surface area contributed by atoms with Crippen molar-refractivity contribution in [1.82, 2.24) is 19.5 Å². The van der Waals surface area contributed by atoms with E-state index in [0.717, 1.165) is 64.1 Å². The fourth-order valence-electron chi connectivity index (χ4n) is 4.12. The summed E-state index contributed by atoms with van der Waals surface area (Å²) in [5.41, 5.74) is 7.37. The molecule has 4 heterocycles. The highest BCUT2D eigenvalue weighted by Crippen LogP contribution is 2.42. The Balaban J connectivity index is 1.63. The maximum atomic E-state index is 5.56. The number of hydrogen-bond donors (Lipinski definition) is 0. The first-order chi connectivity index (χ1) is 14.7. The molecule has 3 aromatic heterocycles. The van der Waals surface area contributed by atoms with Gasteiger partial charge in [-0.2, -0.15) is 0 Å². The Morgan fingerprint density at radius 3 is 2.40 bits per heavy atom. The van der Waals surface area contributed by atoms with Crippen LogP contribution in [0.15, 0.2) is 55.0 Å². The van der Waals surface area contributed by atoms with Crippen molar-refractivity contribution in [3.05, 3.63) is 66.4 Å². The van der Waals surface area contributed by atoms with Crippen LogP contribution >= 0.6 is 0 Å². The number of fused-ring (bicyclic) bond motifs is 3. The largest absolute Gasteiger partial charge is 0.493 e. The van der Waals surface area contributed by atoms with Gasteiger partial charge in [-0.15, -0.1) is 0 Å².